The van der Waals surface area contributed by atoms with Crippen LogP contribution in [-0.2, 0) is 9.59 Å². The van der Waals surface area contributed by atoms with Crippen LogP contribution in [0.25, 0.3) is 0 Å². The zero-order chi connectivity index (χ0) is 15.2. The Morgan fingerprint density at radius 3 is 2.68 bits per heavy atom. The lowest BCUT2D eigenvalue weighted by molar-refractivity contribution is -0.142. The van der Waals surface area contributed by atoms with Gasteiger partial charge in [-0.2, -0.15) is 0 Å². The number of likely N-dealkylation sites (tertiary alicyclic amines) is 1. The zero-order valence-corrected chi connectivity index (χ0v) is 14.6. The van der Waals surface area contributed by atoms with Gasteiger partial charge in [-0.1, -0.05) is 6.92 Å². The summed E-state index contributed by atoms with van der Waals surface area (Å²) in [6.45, 7) is 5.88. The number of halogens is 1. The van der Waals surface area contributed by atoms with Gasteiger partial charge in [-0.3, -0.25) is 9.59 Å². The molecule has 2 amide bonds. The van der Waals surface area contributed by atoms with E-state index in [2.05, 4.69) is 17.6 Å². The van der Waals surface area contributed by atoms with Gasteiger partial charge >= 0.3 is 0 Å². The maximum atomic E-state index is 12.6. The van der Waals surface area contributed by atoms with Crippen LogP contribution in [0.5, 0.6) is 0 Å². The summed E-state index contributed by atoms with van der Waals surface area (Å²) in [5.74, 6) is 0.173. The molecule has 0 aromatic carbocycles. The largest absolute Gasteiger partial charge is 0.350 e. The van der Waals surface area contributed by atoms with E-state index in [1.54, 1.807) is 0 Å². The number of nitrogens with zero attached hydrogens (tertiary/aromatic N) is 1. The van der Waals surface area contributed by atoms with Crippen LogP contribution >= 0.6 is 12.4 Å². The highest BCUT2D eigenvalue weighted by atomic mass is 35.5. The normalized spacial score (nSPS) is 28.6. The lowest BCUT2D eigenvalue weighted by atomic mass is 9.97. The molecule has 2 aliphatic rings. The Bertz CT molecular complexity index is 378. The second-order valence-electron chi connectivity index (χ2n) is 6.35. The number of rotatable bonds is 4. The van der Waals surface area contributed by atoms with Crippen molar-refractivity contribution in [3.63, 3.8) is 0 Å². The van der Waals surface area contributed by atoms with Crippen LogP contribution in [0.1, 0.15) is 58.8 Å². The Balaban J connectivity index is 0.00000242. The van der Waals surface area contributed by atoms with Gasteiger partial charge in [-0.25, -0.2) is 0 Å². The van der Waals surface area contributed by atoms with Crippen molar-refractivity contribution in [2.75, 3.05) is 13.1 Å². The minimum absolute atomic E-state index is 0. The molecule has 2 saturated heterocycles. The fourth-order valence-corrected chi connectivity index (χ4v) is 3.38. The van der Waals surface area contributed by atoms with Crippen molar-refractivity contribution < 1.29 is 9.59 Å². The third-order valence-electron chi connectivity index (χ3n) is 4.68. The van der Waals surface area contributed by atoms with E-state index in [-0.39, 0.29) is 36.3 Å². The number of hydrogen-bond donors (Lipinski definition) is 2. The summed E-state index contributed by atoms with van der Waals surface area (Å²) in [5, 5.41) is 6.57. The number of carbonyl (C=O) groups excluding carboxylic acids is 2. The minimum atomic E-state index is -0.257. The molecule has 22 heavy (non-hydrogen) atoms. The minimum Gasteiger partial charge on any atom is -0.350 e. The van der Waals surface area contributed by atoms with E-state index in [1.165, 1.54) is 0 Å². The standard InChI is InChI=1S/C16H29N3O2.ClH/c1-3-7-15(20)19-11-5-4-9-14(19)16(21)18-13-8-6-10-17-12(13)2;/h12-14,17H,3-11H2,1-2H3,(H,18,21);1H. The van der Waals surface area contributed by atoms with Crippen molar-refractivity contribution in [3.8, 4) is 0 Å². The smallest absolute Gasteiger partial charge is 0.243 e. The summed E-state index contributed by atoms with van der Waals surface area (Å²) in [5.41, 5.74) is 0. The Morgan fingerprint density at radius 2 is 2.00 bits per heavy atom. The number of carbonyl (C=O) groups is 2. The summed E-state index contributed by atoms with van der Waals surface area (Å²) in [4.78, 5) is 26.6. The molecular weight excluding hydrogens is 302 g/mol. The highest BCUT2D eigenvalue weighted by Crippen LogP contribution is 2.19. The first kappa shape index (κ1) is 19.2. The summed E-state index contributed by atoms with van der Waals surface area (Å²) in [7, 11) is 0. The first-order valence-corrected chi connectivity index (χ1v) is 8.46. The quantitative estimate of drug-likeness (QED) is 0.826. The molecule has 128 valence electrons. The summed E-state index contributed by atoms with van der Waals surface area (Å²) in [6, 6.07) is 0.245. The SMILES string of the molecule is CCCC(=O)N1CCCCC1C(=O)NC1CCCNC1C.Cl. The van der Waals surface area contributed by atoms with Crippen LogP contribution in [0.3, 0.4) is 0 Å². The number of amides is 2. The van der Waals surface area contributed by atoms with Gasteiger partial charge in [-0.05, 0) is 52.0 Å². The van der Waals surface area contributed by atoms with Gasteiger partial charge in [0.05, 0.1) is 0 Å². The first-order chi connectivity index (χ1) is 10.1. The van der Waals surface area contributed by atoms with Crippen LogP contribution < -0.4 is 10.6 Å². The van der Waals surface area contributed by atoms with Crippen molar-refractivity contribution in [1.29, 1.82) is 0 Å². The number of hydrogen-bond acceptors (Lipinski definition) is 3. The second kappa shape index (κ2) is 9.36. The molecule has 6 heteroatoms. The first-order valence-electron chi connectivity index (χ1n) is 8.46. The lowest BCUT2D eigenvalue weighted by Crippen LogP contribution is -2.58. The second-order valence-corrected chi connectivity index (χ2v) is 6.35. The van der Waals surface area contributed by atoms with Gasteiger partial charge in [0.15, 0.2) is 0 Å². The van der Waals surface area contributed by atoms with E-state index in [1.807, 2.05) is 11.8 Å². The average Bonchev–Trinajstić information content (AvgIpc) is 2.50. The van der Waals surface area contributed by atoms with Gasteiger partial charge in [0.2, 0.25) is 11.8 Å². The van der Waals surface area contributed by atoms with E-state index in [9.17, 15) is 9.59 Å². The highest BCUT2D eigenvalue weighted by molar-refractivity contribution is 5.88. The maximum absolute atomic E-state index is 12.6. The number of piperidine rings is 2. The Kier molecular flexibility index (Phi) is 8.18. The predicted molar refractivity (Wildman–Crippen MR) is 90.1 cm³/mol. The maximum Gasteiger partial charge on any atom is 0.243 e. The van der Waals surface area contributed by atoms with Gasteiger partial charge in [0, 0.05) is 25.0 Å². The van der Waals surface area contributed by atoms with Crippen LogP contribution in [0.4, 0.5) is 0 Å². The molecule has 0 bridgehead atoms. The van der Waals surface area contributed by atoms with E-state index in [0.29, 0.717) is 12.5 Å². The van der Waals surface area contributed by atoms with E-state index < -0.39 is 0 Å². The molecule has 2 fully saturated rings. The molecular formula is C16H30ClN3O2. The van der Waals surface area contributed by atoms with Gasteiger partial charge in [0.1, 0.15) is 6.04 Å². The molecule has 0 saturated carbocycles. The van der Waals surface area contributed by atoms with E-state index in [0.717, 1.165) is 51.6 Å². The molecule has 0 aromatic rings. The van der Waals surface area contributed by atoms with Gasteiger partial charge < -0.3 is 15.5 Å². The summed E-state index contributed by atoms with van der Waals surface area (Å²) < 4.78 is 0. The Labute approximate surface area is 140 Å². The fourth-order valence-electron chi connectivity index (χ4n) is 3.38. The van der Waals surface area contributed by atoms with Crippen LogP contribution in [0.15, 0.2) is 0 Å². The molecule has 2 aliphatic heterocycles. The van der Waals surface area contributed by atoms with Crippen LogP contribution in [0.2, 0.25) is 0 Å². The van der Waals surface area contributed by atoms with Gasteiger partial charge in [0.25, 0.3) is 0 Å². The van der Waals surface area contributed by atoms with Crippen molar-refractivity contribution >= 4 is 24.2 Å². The molecule has 0 radical (unpaired) electrons. The third kappa shape index (κ3) is 4.85. The lowest BCUT2D eigenvalue weighted by Gasteiger charge is -2.37. The Morgan fingerprint density at radius 1 is 1.23 bits per heavy atom. The fraction of sp³-hybridized carbons (Fsp3) is 0.875. The summed E-state index contributed by atoms with van der Waals surface area (Å²) in [6.07, 6.45) is 6.36. The molecule has 5 nitrogen and oxygen atoms in total. The number of nitrogens with one attached hydrogen (secondary N) is 2. The Hall–Kier alpha value is -0.810. The van der Waals surface area contributed by atoms with E-state index in [4.69, 9.17) is 0 Å². The monoisotopic (exact) mass is 331 g/mol. The van der Waals surface area contributed by atoms with Crippen molar-refractivity contribution in [3.05, 3.63) is 0 Å². The zero-order valence-electron chi connectivity index (χ0n) is 13.8. The average molecular weight is 332 g/mol. The molecule has 3 atom stereocenters. The van der Waals surface area contributed by atoms with Gasteiger partial charge in [-0.15, -0.1) is 12.4 Å². The van der Waals surface area contributed by atoms with Crippen molar-refractivity contribution in [2.24, 2.45) is 0 Å². The third-order valence-corrected chi connectivity index (χ3v) is 4.68. The summed E-state index contributed by atoms with van der Waals surface area (Å²) >= 11 is 0. The van der Waals surface area contributed by atoms with Crippen molar-refractivity contribution in [2.45, 2.75) is 76.9 Å². The molecule has 2 N–H and O–H groups in total. The van der Waals surface area contributed by atoms with Crippen LogP contribution in [-0.4, -0.2) is 47.9 Å². The molecule has 0 aromatic heterocycles. The van der Waals surface area contributed by atoms with Crippen LogP contribution in [0, 0.1) is 0 Å². The van der Waals surface area contributed by atoms with E-state index >= 15 is 0 Å². The molecule has 0 spiro atoms. The topological polar surface area (TPSA) is 61.4 Å². The highest BCUT2D eigenvalue weighted by Gasteiger charge is 2.33. The molecule has 2 rings (SSSR count). The molecule has 0 aliphatic carbocycles. The molecule has 3 unspecified atom stereocenters. The van der Waals surface area contributed by atoms with Crippen molar-refractivity contribution in [1.82, 2.24) is 15.5 Å². The molecule has 2 heterocycles. The predicted octanol–water partition coefficient (Wildman–Crippen LogP) is 1.85.